The van der Waals surface area contributed by atoms with Gasteiger partial charge in [0.2, 0.25) is 0 Å². The summed E-state index contributed by atoms with van der Waals surface area (Å²) in [5.74, 6) is 0.0251. The molecule has 1 aliphatic heterocycles. The molecule has 0 saturated carbocycles. The van der Waals surface area contributed by atoms with Crippen molar-refractivity contribution in [1.29, 1.82) is 0 Å². The normalized spacial score (nSPS) is 18.8. The summed E-state index contributed by atoms with van der Waals surface area (Å²) in [7, 11) is 0. The van der Waals surface area contributed by atoms with Gasteiger partial charge in [-0.05, 0) is 49.6 Å². The predicted molar refractivity (Wildman–Crippen MR) is 76.7 cm³/mol. The van der Waals surface area contributed by atoms with E-state index in [-0.39, 0.29) is 5.75 Å². The second-order valence-electron chi connectivity index (χ2n) is 4.40. The molecule has 0 aliphatic carbocycles. The van der Waals surface area contributed by atoms with Crippen molar-refractivity contribution < 1.29 is 13.9 Å². The molecule has 0 aromatic heterocycles. The van der Waals surface area contributed by atoms with E-state index in [1.165, 1.54) is 0 Å². The highest BCUT2D eigenvalue weighted by Gasteiger charge is 2.30. The average molecular weight is 400 g/mol. The van der Waals surface area contributed by atoms with Crippen molar-refractivity contribution in [3.8, 4) is 5.75 Å². The molecule has 0 bridgehead atoms. The molecule has 3 nitrogen and oxygen atoms in total. The Labute approximate surface area is 127 Å². The van der Waals surface area contributed by atoms with Crippen molar-refractivity contribution in [2.75, 3.05) is 26.2 Å². The number of hydrogen-bond acceptors (Lipinski definition) is 3. The van der Waals surface area contributed by atoms with Gasteiger partial charge in [-0.1, -0.05) is 0 Å². The number of rotatable bonds is 3. The summed E-state index contributed by atoms with van der Waals surface area (Å²) in [5, 5.41) is 12.8. The highest BCUT2D eigenvalue weighted by atomic mass is 79.9. The molecule has 0 unspecified atom stereocenters. The summed E-state index contributed by atoms with van der Waals surface area (Å²) in [4.78, 5) is 1.77. The lowest BCUT2D eigenvalue weighted by atomic mass is 10.0. The summed E-state index contributed by atoms with van der Waals surface area (Å²) >= 11 is 6.37. The molecule has 1 saturated heterocycles. The molecule has 0 amide bonds. The van der Waals surface area contributed by atoms with Crippen LogP contribution in [-0.4, -0.2) is 42.6 Å². The third kappa shape index (κ3) is 3.45. The van der Waals surface area contributed by atoms with Crippen LogP contribution < -0.4 is 5.32 Å². The minimum atomic E-state index is -2.47. The fraction of sp³-hybridized carbons (Fsp3) is 0.500. The first kappa shape index (κ1) is 15.2. The Morgan fingerprint density at radius 1 is 1.16 bits per heavy atom. The molecule has 19 heavy (non-hydrogen) atoms. The Morgan fingerprint density at radius 3 is 2.16 bits per heavy atom. The molecule has 1 heterocycles. The van der Waals surface area contributed by atoms with Crippen LogP contribution in [0.2, 0.25) is 0 Å². The fourth-order valence-corrected chi connectivity index (χ4v) is 3.45. The van der Waals surface area contributed by atoms with E-state index in [4.69, 9.17) is 0 Å². The molecule has 1 atom stereocenters. The lowest BCUT2D eigenvalue weighted by Crippen LogP contribution is -2.46. The van der Waals surface area contributed by atoms with Crippen LogP contribution in [0.15, 0.2) is 21.1 Å². The van der Waals surface area contributed by atoms with Crippen molar-refractivity contribution in [1.82, 2.24) is 10.2 Å². The second-order valence-corrected chi connectivity index (χ2v) is 6.11. The quantitative estimate of drug-likeness (QED) is 0.819. The van der Waals surface area contributed by atoms with Crippen molar-refractivity contribution in [3.63, 3.8) is 0 Å². The number of halogens is 4. The zero-order valence-electron chi connectivity index (χ0n) is 10.0. The van der Waals surface area contributed by atoms with Gasteiger partial charge in [0, 0.05) is 26.2 Å². The number of piperazine rings is 1. The molecule has 0 spiro atoms. The first-order valence-corrected chi connectivity index (χ1v) is 7.50. The fourth-order valence-electron chi connectivity index (χ4n) is 2.23. The lowest BCUT2D eigenvalue weighted by Gasteiger charge is -2.34. The number of phenolic OH excluding ortho intramolecular Hbond substituents is 1. The number of nitrogens with zero attached hydrogens (tertiary/aromatic N) is 1. The largest absolute Gasteiger partial charge is 0.506 e. The van der Waals surface area contributed by atoms with Gasteiger partial charge in [0.25, 0.3) is 6.43 Å². The van der Waals surface area contributed by atoms with E-state index >= 15 is 0 Å². The predicted octanol–water partition coefficient (Wildman–Crippen LogP) is 3.13. The maximum Gasteiger partial charge on any atom is 0.258 e. The van der Waals surface area contributed by atoms with E-state index in [2.05, 4.69) is 37.2 Å². The molecule has 106 valence electrons. The van der Waals surface area contributed by atoms with E-state index < -0.39 is 12.5 Å². The molecular formula is C12H14Br2F2N2O. The van der Waals surface area contributed by atoms with Gasteiger partial charge in [-0.2, -0.15) is 0 Å². The molecule has 7 heteroatoms. The average Bonchev–Trinajstić information content (AvgIpc) is 2.37. The van der Waals surface area contributed by atoms with Gasteiger partial charge >= 0.3 is 0 Å². The number of nitrogens with one attached hydrogen (secondary N) is 1. The number of aromatic hydroxyl groups is 1. The second kappa shape index (κ2) is 6.47. The highest BCUT2D eigenvalue weighted by molar-refractivity contribution is 9.11. The van der Waals surface area contributed by atoms with Crippen LogP contribution >= 0.6 is 31.9 Å². The molecule has 0 radical (unpaired) electrons. The van der Waals surface area contributed by atoms with Crippen LogP contribution in [0, 0.1) is 0 Å². The van der Waals surface area contributed by atoms with Crippen LogP contribution in [0.1, 0.15) is 11.6 Å². The molecule has 2 N–H and O–H groups in total. The van der Waals surface area contributed by atoms with Gasteiger partial charge in [-0.3, -0.25) is 4.90 Å². The van der Waals surface area contributed by atoms with Crippen molar-refractivity contribution >= 4 is 31.9 Å². The first-order valence-electron chi connectivity index (χ1n) is 5.91. The van der Waals surface area contributed by atoms with E-state index in [9.17, 15) is 13.9 Å². The number of benzene rings is 1. The third-order valence-electron chi connectivity index (χ3n) is 3.16. The van der Waals surface area contributed by atoms with Crippen molar-refractivity contribution in [2.24, 2.45) is 0 Å². The molecular weight excluding hydrogens is 386 g/mol. The van der Waals surface area contributed by atoms with Gasteiger partial charge < -0.3 is 10.4 Å². The zero-order valence-corrected chi connectivity index (χ0v) is 13.2. The van der Waals surface area contributed by atoms with Crippen LogP contribution in [0.3, 0.4) is 0 Å². The van der Waals surface area contributed by atoms with Gasteiger partial charge in [0.1, 0.15) is 5.75 Å². The molecule has 2 rings (SSSR count). The topological polar surface area (TPSA) is 35.5 Å². The summed E-state index contributed by atoms with van der Waals surface area (Å²) < 4.78 is 27.6. The van der Waals surface area contributed by atoms with E-state index in [0.29, 0.717) is 40.7 Å². The molecule has 1 aromatic carbocycles. The first-order chi connectivity index (χ1) is 9.00. The van der Waals surface area contributed by atoms with Crippen LogP contribution in [-0.2, 0) is 0 Å². The smallest absolute Gasteiger partial charge is 0.258 e. The van der Waals surface area contributed by atoms with Crippen LogP contribution in [0.25, 0.3) is 0 Å². The Hall–Kier alpha value is -0.240. The van der Waals surface area contributed by atoms with Gasteiger partial charge in [0.05, 0.1) is 15.0 Å². The summed E-state index contributed by atoms with van der Waals surface area (Å²) in [6.45, 7) is 2.60. The summed E-state index contributed by atoms with van der Waals surface area (Å²) in [6.07, 6.45) is -2.47. The molecule has 1 fully saturated rings. The van der Waals surface area contributed by atoms with Gasteiger partial charge in [-0.15, -0.1) is 0 Å². The van der Waals surface area contributed by atoms with E-state index in [0.717, 1.165) is 0 Å². The van der Waals surface area contributed by atoms with E-state index in [1.54, 1.807) is 17.0 Å². The van der Waals surface area contributed by atoms with Crippen LogP contribution in [0.4, 0.5) is 8.78 Å². The zero-order chi connectivity index (χ0) is 14.0. The van der Waals surface area contributed by atoms with Crippen molar-refractivity contribution in [3.05, 3.63) is 26.6 Å². The maximum atomic E-state index is 13.4. The van der Waals surface area contributed by atoms with Gasteiger partial charge in [0.15, 0.2) is 0 Å². The number of phenols is 1. The Kier molecular flexibility index (Phi) is 5.16. The van der Waals surface area contributed by atoms with E-state index in [1.807, 2.05) is 0 Å². The SMILES string of the molecule is Oc1c(Br)cc([C@@H](C(F)F)N2CCNCC2)cc1Br. The number of hydrogen-bond donors (Lipinski definition) is 2. The minimum absolute atomic E-state index is 0.0251. The van der Waals surface area contributed by atoms with Crippen molar-refractivity contribution in [2.45, 2.75) is 12.5 Å². The minimum Gasteiger partial charge on any atom is -0.506 e. The number of alkyl halides is 2. The monoisotopic (exact) mass is 398 g/mol. The third-order valence-corrected chi connectivity index (χ3v) is 4.37. The molecule has 1 aliphatic rings. The maximum absolute atomic E-state index is 13.4. The summed E-state index contributed by atoms with van der Waals surface area (Å²) in [5.41, 5.74) is 0.494. The Morgan fingerprint density at radius 2 is 1.68 bits per heavy atom. The van der Waals surface area contributed by atoms with Crippen LogP contribution in [0.5, 0.6) is 5.75 Å². The molecule has 1 aromatic rings. The van der Waals surface area contributed by atoms with Gasteiger partial charge in [-0.25, -0.2) is 8.78 Å². The Balaban J connectivity index is 2.33. The standard InChI is InChI=1S/C12H14Br2F2N2O/c13-8-5-7(6-9(14)11(8)19)10(12(15)16)18-3-1-17-2-4-18/h5-6,10,12,17,19H,1-4H2/t10-/m0/s1. The highest BCUT2D eigenvalue weighted by Crippen LogP contribution is 2.38. The Bertz CT molecular complexity index is 430. The summed E-state index contributed by atoms with van der Waals surface area (Å²) in [6, 6.07) is 2.16. The lowest BCUT2D eigenvalue weighted by molar-refractivity contribution is 0.0181.